The highest BCUT2D eigenvalue weighted by atomic mass is 16.5. The number of esters is 1. The summed E-state index contributed by atoms with van der Waals surface area (Å²) in [4.78, 5) is 11.8. The lowest BCUT2D eigenvalue weighted by atomic mass is 10.1. The van der Waals surface area contributed by atoms with Gasteiger partial charge in [0, 0.05) is 5.56 Å². The predicted octanol–water partition coefficient (Wildman–Crippen LogP) is 2.98. The van der Waals surface area contributed by atoms with E-state index in [2.05, 4.69) is 0 Å². The van der Waals surface area contributed by atoms with Crippen LogP contribution in [0, 0.1) is 0 Å². The van der Waals surface area contributed by atoms with Crippen molar-refractivity contribution in [2.75, 3.05) is 7.11 Å². The van der Waals surface area contributed by atoms with E-state index in [1.54, 1.807) is 7.11 Å². The largest absolute Gasteiger partial charge is 0.496 e. The molecule has 0 radical (unpaired) electrons. The molecule has 0 amide bonds. The van der Waals surface area contributed by atoms with Crippen LogP contribution < -0.4 is 4.74 Å². The molecule has 0 N–H and O–H groups in total. The Morgan fingerprint density at radius 3 is 2.42 bits per heavy atom. The Labute approximate surface area is 112 Å². The van der Waals surface area contributed by atoms with Crippen molar-refractivity contribution in [2.45, 2.75) is 13.0 Å². The van der Waals surface area contributed by atoms with Gasteiger partial charge in [0.25, 0.3) is 0 Å². The van der Waals surface area contributed by atoms with Crippen molar-refractivity contribution in [3.8, 4) is 5.75 Å². The van der Waals surface area contributed by atoms with Crippen LogP contribution in [0.5, 0.6) is 5.75 Å². The second kappa shape index (κ2) is 6.59. The normalized spacial score (nSPS) is 9.95. The maximum Gasteiger partial charge on any atom is 0.310 e. The first kappa shape index (κ1) is 13.1. The zero-order chi connectivity index (χ0) is 13.5. The van der Waals surface area contributed by atoms with E-state index in [-0.39, 0.29) is 12.4 Å². The van der Waals surface area contributed by atoms with E-state index in [9.17, 15) is 4.79 Å². The summed E-state index contributed by atoms with van der Waals surface area (Å²) in [6, 6.07) is 17.1. The van der Waals surface area contributed by atoms with Gasteiger partial charge < -0.3 is 9.47 Å². The Hall–Kier alpha value is -2.29. The molecule has 0 spiro atoms. The highest BCUT2D eigenvalue weighted by Gasteiger charge is 2.09. The van der Waals surface area contributed by atoms with Gasteiger partial charge in [0.1, 0.15) is 12.4 Å². The van der Waals surface area contributed by atoms with Crippen LogP contribution in [0.4, 0.5) is 0 Å². The Balaban J connectivity index is 1.91. The van der Waals surface area contributed by atoms with E-state index in [0.29, 0.717) is 12.4 Å². The molecule has 0 aliphatic heterocycles. The fraction of sp³-hybridized carbons (Fsp3) is 0.188. The lowest BCUT2D eigenvalue weighted by Crippen LogP contribution is -2.08. The molecule has 0 saturated heterocycles. The molecule has 0 saturated carbocycles. The number of hydrogen-bond acceptors (Lipinski definition) is 3. The highest BCUT2D eigenvalue weighted by molar-refractivity contribution is 5.73. The number of ether oxygens (including phenoxy) is 2. The van der Waals surface area contributed by atoms with Gasteiger partial charge in [-0.1, -0.05) is 48.5 Å². The number of carbonyl (C=O) groups is 1. The monoisotopic (exact) mass is 256 g/mol. The van der Waals surface area contributed by atoms with Crippen LogP contribution in [0.2, 0.25) is 0 Å². The molecular weight excluding hydrogens is 240 g/mol. The first-order valence-corrected chi connectivity index (χ1v) is 6.11. The van der Waals surface area contributed by atoms with Crippen molar-refractivity contribution in [2.24, 2.45) is 0 Å². The molecule has 3 heteroatoms. The molecule has 0 aliphatic carbocycles. The molecule has 0 atom stereocenters. The minimum Gasteiger partial charge on any atom is -0.496 e. The first-order chi connectivity index (χ1) is 9.29. The Bertz CT molecular complexity index is 535. The molecule has 3 nitrogen and oxygen atoms in total. The number of methoxy groups -OCH3 is 1. The summed E-state index contributed by atoms with van der Waals surface area (Å²) in [7, 11) is 1.59. The van der Waals surface area contributed by atoms with E-state index >= 15 is 0 Å². The van der Waals surface area contributed by atoms with Crippen molar-refractivity contribution in [1.29, 1.82) is 0 Å². The second-order valence-corrected chi connectivity index (χ2v) is 4.13. The van der Waals surface area contributed by atoms with Crippen LogP contribution in [-0.2, 0) is 22.6 Å². The lowest BCUT2D eigenvalue weighted by Gasteiger charge is -2.08. The van der Waals surface area contributed by atoms with E-state index in [1.807, 2.05) is 54.6 Å². The summed E-state index contributed by atoms with van der Waals surface area (Å²) in [5.41, 5.74) is 1.82. The average molecular weight is 256 g/mol. The fourth-order valence-corrected chi connectivity index (χ4v) is 1.79. The zero-order valence-corrected chi connectivity index (χ0v) is 10.8. The van der Waals surface area contributed by atoms with Crippen molar-refractivity contribution in [1.82, 2.24) is 0 Å². The van der Waals surface area contributed by atoms with Gasteiger partial charge >= 0.3 is 5.97 Å². The molecule has 2 rings (SSSR count). The molecule has 0 aliphatic rings. The van der Waals surface area contributed by atoms with Gasteiger partial charge in [0.05, 0.1) is 13.5 Å². The summed E-state index contributed by atoms with van der Waals surface area (Å²) in [6.07, 6.45) is 0.219. The summed E-state index contributed by atoms with van der Waals surface area (Å²) in [5, 5.41) is 0. The van der Waals surface area contributed by atoms with Crippen LogP contribution in [0.3, 0.4) is 0 Å². The smallest absolute Gasteiger partial charge is 0.310 e. The van der Waals surface area contributed by atoms with Crippen LogP contribution in [0.1, 0.15) is 11.1 Å². The molecule has 0 bridgehead atoms. The number of rotatable bonds is 5. The average Bonchev–Trinajstić information content (AvgIpc) is 2.47. The van der Waals surface area contributed by atoms with Crippen LogP contribution in [-0.4, -0.2) is 13.1 Å². The van der Waals surface area contributed by atoms with Gasteiger partial charge in [-0.15, -0.1) is 0 Å². The molecule has 98 valence electrons. The Morgan fingerprint density at radius 2 is 1.68 bits per heavy atom. The highest BCUT2D eigenvalue weighted by Crippen LogP contribution is 2.18. The summed E-state index contributed by atoms with van der Waals surface area (Å²) < 4.78 is 10.4. The van der Waals surface area contributed by atoms with E-state index in [4.69, 9.17) is 9.47 Å². The van der Waals surface area contributed by atoms with E-state index < -0.39 is 0 Å². The van der Waals surface area contributed by atoms with Crippen LogP contribution in [0.25, 0.3) is 0 Å². The molecule has 2 aromatic carbocycles. The van der Waals surface area contributed by atoms with Gasteiger partial charge in [-0.05, 0) is 11.6 Å². The van der Waals surface area contributed by atoms with E-state index in [0.717, 1.165) is 11.1 Å². The standard InChI is InChI=1S/C16H16O3/c1-18-15-10-6-5-9-14(15)11-16(17)19-12-13-7-3-2-4-8-13/h2-10H,11-12H2,1H3. The maximum atomic E-state index is 11.8. The number of benzene rings is 2. The number of carbonyl (C=O) groups excluding carboxylic acids is 1. The van der Waals surface area contributed by atoms with Gasteiger partial charge in [0.2, 0.25) is 0 Å². The molecule has 0 fully saturated rings. The molecule has 0 unspecified atom stereocenters. The summed E-state index contributed by atoms with van der Waals surface area (Å²) >= 11 is 0. The van der Waals surface area contributed by atoms with Crippen LogP contribution in [0.15, 0.2) is 54.6 Å². The summed E-state index contributed by atoms with van der Waals surface area (Å²) in [5.74, 6) is 0.451. The summed E-state index contributed by atoms with van der Waals surface area (Å²) in [6.45, 7) is 0.300. The molecule has 19 heavy (non-hydrogen) atoms. The van der Waals surface area contributed by atoms with Crippen molar-refractivity contribution < 1.29 is 14.3 Å². The van der Waals surface area contributed by atoms with E-state index in [1.165, 1.54) is 0 Å². The Morgan fingerprint density at radius 1 is 1.00 bits per heavy atom. The maximum absolute atomic E-state index is 11.8. The van der Waals surface area contributed by atoms with Gasteiger partial charge in [-0.3, -0.25) is 4.79 Å². The number of para-hydroxylation sites is 1. The third-order valence-electron chi connectivity index (χ3n) is 2.77. The van der Waals surface area contributed by atoms with Crippen molar-refractivity contribution in [3.05, 3.63) is 65.7 Å². The fourth-order valence-electron chi connectivity index (χ4n) is 1.79. The topological polar surface area (TPSA) is 35.5 Å². The van der Waals surface area contributed by atoms with Gasteiger partial charge in [0.15, 0.2) is 0 Å². The first-order valence-electron chi connectivity index (χ1n) is 6.11. The molecule has 0 heterocycles. The molecular formula is C16H16O3. The molecule has 0 aromatic heterocycles. The third-order valence-corrected chi connectivity index (χ3v) is 2.77. The molecule has 2 aromatic rings. The second-order valence-electron chi connectivity index (χ2n) is 4.13. The van der Waals surface area contributed by atoms with Crippen molar-refractivity contribution >= 4 is 5.97 Å². The zero-order valence-electron chi connectivity index (χ0n) is 10.8. The van der Waals surface area contributed by atoms with Gasteiger partial charge in [-0.25, -0.2) is 0 Å². The Kier molecular flexibility index (Phi) is 4.56. The number of hydrogen-bond donors (Lipinski definition) is 0. The van der Waals surface area contributed by atoms with Gasteiger partial charge in [-0.2, -0.15) is 0 Å². The van der Waals surface area contributed by atoms with Crippen molar-refractivity contribution in [3.63, 3.8) is 0 Å². The van der Waals surface area contributed by atoms with Crippen LogP contribution >= 0.6 is 0 Å². The SMILES string of the molecule is COc1ccccc1CC(=O)OCc1ccccc1. The quantitative estimate of drug-likeness (QED) is 0.771. The minimum atomic E-state index is -0.256. The minimum absolute atomic E-state index is 0.219. The lowest BCUT2D eigenvalue weighted by molar-refractivity contribution is -0.144. The predicted molar refractivity (Wildman–Crippen MR) is 72.9 cm³/mol. The third kappa shape index (κ3) is 3.85.